The van der Waals surface area contributed by atoms with Crippen LogP contribution in [0.3, 0.4) is 0 Å². The molecule has 0 bridgehead atoms. The lowest BCUT2D eigenvalue weighted by molar-refractivity contribution is -0.0582. The van der Waals surface area contributed by atoms with Gasteiger partial charge in [-0.3, -0.25) is 4.57 Å². The number of esters is 2. The van der Waals surface area contributed by atoms with E-state index < -0.39 is 41.6 Å². The summed E-state index contributed by atoms with van der Waals surface area (Å²) in [7, 11) is 1.61. The second-order valence-corrected chi connectivity index (χ2v) is 14.5. The summed E-state index contributed by atoms with van der Waals surface area (Å²) >= 11 is 0. The fourth-order valence-electron chi connectivity index (χ4n) is 7.30. The standard InChI is InChI=1S/C47H44N6O7/c1-31-14-18-33(19-15-31)44(54)58-30-41-40(60-45(55)34-20-16-32(2)17-21-34)28-42(59-41)53-29-35(26-27-49-52-48)43(50-46(53)56)51-47(36-10-6-4-7-11-36,37-12-8-5-9-13-37)38-22-24-39(57-3)25-23-38/h4-25,29,40-42H,26-28,30H2,1-3H3,(H,50,51,56)/t40-,41+,42+/m0/s1. The van der Waals surface area contributed by atoms with E-state index in [-0.39, 0.29) is 31.8 Å². The summed E-state index contributed by atoms with van der Waals surface area (Å²) in [6, 6.07) is 41.2. The number of anilines is 1. The molecule has 0 amide bonds. The molecule has 13 nitrogen and oxygen atoms in total. The van der Waals surface area contributed by atoms with E-state index in [1.807, 2.05) is 123 Å². The molecule has 0 spiro atoms. The van der Waals surface area contributed by atoms with Crippen LogP contribution in [0.25, 0.3) is 10.4 Å². The Labute approximate surface area is 347 Å². The fraction of sp³-hybridized carbons (Fsp3) is 0.234. The summed E-state index contributed by atoms with van der Waals surface area (Å²) in [5.41, 5.74) is 13.3. The highest BCUT2D eigenvalue weighted by Gasteiger charge is 2.42. The summed E-state index contributed by atoms with van der Waals surface area (Å²) in [5.74, 6) is -0.225. The zero-order valence-electron chi connectivity index (χ0n) is 33.4. The Balaban J connectivity index is 1.27. The molecule has 7 rings (SSSR count). The summed E-state index contributed by atoms with van der Waals surface area (Å²) in [6.45, 7) is 3.65. The normalized spacial score (nSPS) is 16.0. The highest BCUT2D eigenvalue weighted by molar-refractivity contribution is 5.90. The molecule has 1 aliphatic rings. The predicted octanol–water partition coefficient (Wildman–Crippen LogP) is 8.50. The van der Waals surface area contributed by atoms with Gasteiger partial charge in [0.15, 0.2) is 0 Å². The Hall–Kier alpha value is -7.21. The average Bonchev–Trinajstić information content (AvgIpc) is 3.68. The number of rotatable bonds is 15. The lowest BCUT2D eigenvalue weighted by Gasteiger charge is -2.38. The van der Waals surface area contributed by atoms with Crippen molar-refractivity contribution in [3.8, 4) is 5.75 Å². The minimum absolute atomic E-state index is 0.0539. The third kappa shape index (κ3) is 9.07. The number of methoxy groups -OCH3 is 1. The third-order valence-electron chi connectivity index (χ3n) is 10.5. The molecule has 13 heteroatoms. The van der Waals surface area contributed by atoms with E-state index in [1.165, 1.54) is 4.57 Å². The molecule has 6 aromatic rings. The Bertz CT molecular complexity index is 2480. The molecule has 0 aliphatic carbocycles. The SMILES string of the molecule is COc1ccc(C(Nc2nc(=O)n([C@H]3C[C@H](OC(=O)c4ccc(C)cc4)[C@@H](COC(=O)c4ccc(C)cc4)O3)cc2CCN=[N+]=[N-])(c2ccccc2)c2ccccc2)cc1. The maximum absolute atomic E-state index is 14.3. The number of hydrogen-bond acceptors (Lipinski definition) is 10. The van der Waals surface area contributed by atoms with E-state index in [2.05, 4.69) is 20.3 Å². The van der Waals surface area contributed by atoms with E-state index in [0.29, 0.717) is 22.4 Å². The van der Waals surface area contributed by atoms with Crippen LogP contribution in [0.1, 0.15) is 66.7 Å². The van der Waals surface area contributed by atoms with Crippen LogP contribution in [0.2, 0.25) is 0 Å². The molecule has 3 atom stereocenters. The molecule has 1 saturated heterocycles. The number of aryl methyl sites for hydroxylation is 2. The fourth-order valence-corrected chi connectivity index (χ4v) is 7.30. The first-order chi connectivity index (χ1) is 29.2. The van der Waals surface area contributed by atoms with E-state index in [4.69, 9.17) is 18.9 Å². The third-order valence-corrected chi connectivity index (χ3v) is 10.5. The topological polar surface area (TPSA) is 167 Å². The second-order valence-electron chi connectivity index (χ2n) is 14.5. The van der Waals surface area contributed by atoms with Gasteiger partial charge >= 0.3 is 17.6 Å². The number of ether oxygens (including phenoxy) is 4. The number of nitrogens with one attached hydrogen (secondary N) is 1. The zero-order valence-corrected chi connectivity index (χ0v) is 33.4. The van der Waals surface area contributed by atoms with Crippen LogP contribution in [-0.2, 0) is 26.2 Å². The van der Waals surface area contributed by atoms with Crippen molar-refractivity contribution in [3.05, 3.63) is 205 Å². The maximum atomic E-state index is 14.3. The summed E-state index contributed by atoms with van der Waals surface area (Å²) in [4.78, 5) is 48.4. The quantitative estimate of drug-likeness (QED) is 0.0352. The summed E-state index contributed by atoms with van der Waals surface area (Å²) < 4.78 is 24.9. The van der Waals surface area contributed by atoms with Crippen molar-refractivity contribution in [2.24, 2.45) is 5.11 Å². The highest BCUT2D eigenvalue weighted by atomic mass is 16.6. The number of nitrogens with zero attached hydrogens (tertiary/aromatic N) is 5. The molecule has 304 valence electrons. The van der Waals surface area contributed by atoms with Crippen LogP contribution in [0.4, 0.5) is 5.82 Å². The minimum atomic E-state index is -1.07. The molecular formula is C47H44N6O7. The molecular weight excluding hydrogens is 761 g/mol. The monoisotopic (exact) mass is 804 g/mol. The maximum Gasteiger partial charge on any atom is 0.351 e. The van der Waals surface area contributed by atoms with Gasteiger partial charge in [-0.15, -0.1) is 0 Å². The predicted molar refractivity (Wildman–Crippen MR) is 226 cm³/mol. The molecule has 2 heterocycles. The van der Waals surface area contributed by atoms with Gasteiger partial charge in [-0.2, -0.15) is 4.98 Å². The van der Waals surface area contributed by atoms with Crippen molar-refractivity contribution in [2.45, 2.75) is 50.7 Å². The number of azide groups is 1. The van der Waals surface area contributed by atoms with Gasteiger partial charge in [0.05, 0.1) is 18.2 Å². The largest absolute Gasteiger partial charge is 0.497 e. The second kappa shape index (κ2) is 18.6. The lowest BCUT2D eigenvalue weighted by atomic mass is 9.77. The summed E-state index contributed by atoms with van der Waals surface area (Å²) in [5, 5.41) is 7.48. The average molecular weight is 805 g/mol. The molecule has 0 saturated carbocycles. The van der Waals surface area contributed by atoms with Crippen molar-refractivity contribution >= 4 is 17.8 Å². The van der Waals surface area contributed by atoms with Crippen LogP contribution < -0.4 is 15.7 Å². The molecule has 1 aromatic heterocycles. The number of carbonyl (C=O) groups is 2. The zero-order chi connectivity index (χ0) is 42.1. The van der Waals surface area contributed by atoms with Crippen molar-refractivity contribution in [3.63, 3.8) is 0 Å². The Morgan fingerprint density at radius 1 is 0.833 bits per heavy atom. The van der Waals surface area contributed by atoms with Crippen LogP contribution in [-0.4, -0.2) is 54.0 Å². The van der Waals surface area contributed by atoms with Gasteiger partial charge in [0.2, 0.25) is 0 Å². The van der Waals surface area contributed by atoms with Gasteiger partial charge in [-0.1, -0.05) is 113 Å². The number of aromatic nitrogens is 2. The highest BCUT2D eigenvalue weighted by Crippen LogP contribution is 2.41. The molecule has 0 radical (unpaired) electrons. The molecule has 1 fully saturated rings. The Kier molecular flexibility index (Phi) is 12.7. The van der Waals surface area contributed by atoms with Gasteiger partial charge in [0, 0.05) is 29.6 Å². The molecule has 0 unspecified atom stereocenters. The van der Waals surface area contributed by atoms with Gasteiger partial charge in [0.1, 0.15) is 42.1 Å². The van der Waals surface area contributed by atoms with Gasteiger partial charge in [0.25, 0.3) is 0 Å². The van der Waals surface area contributed by atoms with Crippen molar-refractivity contribution in [2.75, 3.05) is 25.6 Å². The number of benzene rings is 5. The number of hydrogen-bond donors (Lipinski definition) is 1. The van der Waals surface area contributed by atoms with E-state index >= 15 is 0 Å². The van der Waals surface area contributed by atoms with E-state index in [9.17, 15) is 19.9 Å². The van der Waals surface area contributed by atoms with Crippen LogP contribution in [0.15, 0.2) is 150 Å². The lowest BCUT2D eigenvalue weighted by Crippen LogP contribution is -2.40. The molecule has 5 aromatic carbocycles. The van der Waals surface area contributed by atoms with E-state index in [0.717, 1.165) is 27.8 Å². The van der Waals surface area contributed by atoms with E-state index in [1.54, 1.807) is 37.6 Å². The van der Waals surface area contributed by atoms with Crippen molar-refractivity contribution < 1.29 is 28.5 Å². The first kappa shape index (κ1) is 41.0. The first-order valence-corrected chi connectivity index (χ1v) is 19.5. The van der Waals surface area contributed by atoms with Crippen LogP contribution in [0, 0.1) is 13.8 Å². The minimum Gasteiger partial charge on any atom is -0.497 e. The molecule has 1 aliphatic heterocycles. The van der Waals surface area contributed by atoms with Gasteiger partial charge in [-0.25, -0.2) is 14.4 Å². The van der Waals surface area contributed by atoms with Crippen LogP contribution >= 0.6 is 0 Å². The van der Waals surface area contributed by atoms with Crippen LogP contribution in [0.5, 0.6) is 5.75 Å². The van der Waals surface area contributed by atoms with Gasteiger partial charge < -0.3 is 24.3 Å². The van der Waals surface area contributed by atoms with Crippen molar-refractivity contribution in [1.82, 2.24) is 9.55 Å². The van der Waals surface area contributed by atoms with Crippen molar-refractivity contribution in [1.29, 1.82) is 0 Å². The molecule has 1 N–H and O–H groups in total. The van der Waals surface area contributed by atoms with Gasteiger partial charge in [-0.05, 0) is 78.9 Å². The Morgan fingerprint density at radius 2 is 1.40 bits per heavy atom. The Morgan fingerprint density at radius 3 is 1.97 bits per heavy atom. The smallest absolute Gasteiger partial charge is 0.351 e. The summed E-state index contributed by atoms with van der Waals surface area (Å²) in [6.07, 6.45) is -0.899. The number of carbonyl (C=O) groups excluding carboxylic acids is 2. The molecule has 60 heavy (non-hydrogen) atoms. The first-order valence-electron chi connectivity index (χ1n) is 19.5.